The zero-order valence-electron chi connectivity index (χ0n) is 18.7. The van der Waals surface area contributed by atoms with Gasteiger partial charge in [0.2, 0.25) is 5.89 Å². The van der Waals surface area contributed by atoms with Crippen LogP contribution in [-0.2, 0) is 5.41 Å². The molecule has 3 fully saturated rings. The van der Waals surface area contributed by atoms with Gasteiger partial charge in [0.15, 0.2) is 5.82 Å². The summed E-state index contributed by atoms with van der Waals surface area (Å²) in [7, 11) is 0. The van der Waals surface area contributed by atoms with Crippen LogP contribution in [0.25, 0.3) is 0 Å². The normalized spacial score (nSPS) is 24.8. The van der Waals surface area contributed by atoms with Gasteiger partial charge in [-0.25, -0.2) is 9.18 Å². The number of hydrogen-bond acceptors (Lipinski definition) is 7. The second-order valence-electron chi connectivity index (χ2n) is 9.55. The molecule has 174 valence electrons. The lowest BCUT2D eigenvalue weighted by Crippen LogP contribution is -2.46. The van der Waals surface area contributed by atoms with E-state index in [1.54, 1.807) is 17.2 Å². The Labute approximate surface area is 191 Å². The fourth-order valence-electron chi connectivity index (χ4n) is 4.77. The molecule has 2 saturated heterocycles. The van der Waals surface area contributed by atoms with E-state index in [9.17, 15) is 14.4 Å². The highest BCUT2D eigenvalue weighted by atomic mass is 19.1. The van der Waals surface area contributed by atoms with Crippen LogP contribution >= 0.6 is 0 Å². The maximum Gasteiger partial charge on any atom is 0.321 e. The first-order valence-electron chi connectivity index (χ1n) is 11.6. The number of nitrogens with one attached hydrogen (secondary N) is 2. The summed E-state index contributed by atoms with van der Waals surface area (Å²) in [6, 6.07) is 3.60. The Morgan fingerprint density at radius 3 is 2.76 bits per heavy atom. The molecule has 3 aliphatic rings. The number of pyridine rings is 1. The van der Waals surface area contributed by atoms with Crippen molar-refractivity contribution in [1.29, 1.82) is 5.26 Å². The summed E-state index contributed by atoms with van der Waals surface area (Å²) in [6.45, 7) is 4.89. The number of amides is 2. The Morgan fingerprint density at radius 2 is 2.09 bits per heavy atom. The number of piperidine rings is 2. The number of aromatic nitrogens is 3. The number of rotatable bonds is 4. The minimum Gasteiger partial charge on any atom is -0.339 e. The topological polar surface area (TPSA) is 120 Å². The summed E-state index contributed by atoms with van der Waals surface area (Å²) in [5.41, 5.74) is 1.42. The van der Waals surface area contributed by atoms with Gasteiger partial charge in [-0.15, -0.1) is 0 Å². The Morgan fingerprint density at radius 1 is 1.36 bits per heavy atom. The van der Waals surface area contributed by atoms with Crippen molar-refractivity contribution in [2.45, 2.75) is 62.5 Å². The van der Waals surface area contributed by atoms with Gasteiger partial charge in [0.25, 0.3) is 0 Å². The van der Waals surface area contributed by atoms with Gasteiger partial charge < -0.3 is 20.1 Å². The van der Waals surface area contributed by atoms with E-state index in [1.165, 1.54) is 0 Å². The van der Waals surface area contributed by atoms with Gasteiger partial charge in [0, 0.05) is 30.6 Å². The minimum absolute atomic E-state index is 0.210. The van der Waals surface area contributed by atoms with E-state index in [0.717, 1.165) is 31.6 Å². The van der Waals surface area contributed by atoms with Crippen molar-refractivity contribution in [2.24, 2.45) is 0 Å². The molecular formula is C23H28FN7O2. The lowest BCUT2D eigenvalue weighted by Gasteiger charge is -2.37. The molecule has 4 heterocycles. The Hall–Kier alpha value is -3.06. The van der Waals surface area contributed by atoms with Crippen LogP contribution in [0, 0.1) is 11.3 Å². The van der Waals surface area contributed by atoms with Gasteiger partial charge in [0.1, 0.15) is 12.2 Å². The molecule has 2 amide bonds. The SMILES string of the molecule is CC1(c2noc([C@@H]3C[C@@H]3F)n2)CCN(C(=O)Nc2c(C#N)ccnc2C2CCNCC2)CC1. The highest BCUT2D eigenvalue weighted by Gasteiger charge is 2.45. The van der Waals surface area contributed by atoms with Gasteiger partial charge in [-0.05, 0) is 51.3 Å². The van der Waals surface area contributed by atoms with Crippen LogP contribution < -0.4 is 10.6 Å². The van der Waals surface area contributed by atoms with Crippen LogP contribution in [0.15, 0.2) is 16.8 Å². The fourth-order valence-corrected chi connectivity index (χ4v) is 4.77. The van der Waals surface area contributed by atoms with Crippen LogP contribution in [0.4, 0.5) is 14.9 Å². The van der Waals surface area contributed by atoms with E-state index in [-0.39, 0.29) is 23.3 Å². The molecule has 2 aromatic heterocycles. The number of hydrogen-bond donors (Lipinski definition) is 2. The van der Waals surface area contributed by atoms with E-state index in [0.29, 0.717) is 55.3 Å². The molecule has 0 aromatic carbocycles. The number of carbonyl (C=O) groups excluding carboxylic acids is 1. The van der Waals surface area contributed by atoms with Crippen molar-refractivity contribution in [3.8, 4) is 6.07 Å². The number of carbonyl (C=O) groups is 1. The van der Waals surface area contributed by atoms with Crippen molar-refractivity contribution >= 4 is 11.7 Å². The van der Waals surface area contributed by atoms with Crippen molar-refractivity contribution in [1.82, 2.24) is 25.3 Å². The molecule has 9 nitrogen and oxygen atoms in total. The third-order valence-corrected chi connectivity index (χ3v) is 7.22. The number of nitrogens with zero attached hydrogens (tertiary/aromatic N) is 5. The number of likely N-dealkylation sites (tertiary alicyclic amines) is 1. The monoisotopic (exact) mass is 453 g/mol. The molecule has 0 radical (unpaired) electrons. The lowest BCUT2D eigenvalue weighted by atomic mass is 9.80. The number of urea groups is 1. The van der Waals surface area contributed by atoms with Crippen LogP contribution in [0.1, 0.15) is 73.8 Å². The summed E-state index contributed by atoms with van der Waals surface area (Å²) in [5.74, 6) is 0.916. The molecule has 2 aliphatic heterocycles. The van der Waals surface area contributed by atoms with E-state index in [2.05, 4.69) is 38.8 Å². The Balaban J connectivity index is 1.26. The second-order valence-corrected chi connectivity index (χ2v) is 9.55. The molecule has 2 N–H and O–H groups in total. The molecular weight excluding hydrogens is 425 g/mol. The molecule has 1 saturated carbocycles. The molecule has 2 aromatic rings. The molecule has 5 rings (SSSR count). The smallest absolute Gasteiger partial charge is 0.321 e. The summed E-state index contributed by atoms with van der Waals surface area (Å²) >= 11 is 0. The van der Waals surface area contributed by atoms with Gasteiger partial charge in [0.05, 0.1) is 22.9 Å². The highest BCUT2D eigenvalue weighted by molar-refractivity contribution is 5.91. The number of alkyl halides is 1. The molecule has 1 aliphatic carbocycles. The largest absolute Gasteiger partial charge is 0.339 e. The standard InChI is InChI=1S/C23H28FN7O2/c1-23(21-29-20(33-30-21)16-12-17(16)24)5-10-31(11-6-23)22(32)28-19-15(13-25)4-9-27-18(19)14-2-7-26-8-3-14/h4,9,14,16-17,26H,2-3,5-8,10-12H2,1H3,(H,28,32)/t16-,17+/m1/s1. The van der Waals surface area contributed by atoms with E-state index in [4.69, 9.17) is 4.52 Å². The summed E-state index contributed by atoms with van der Waals surface area (Å²) in [5, 5.41) is 20.1. The van der Waals surface area contributed by atoms with E-state index in [1.807, 2.05) is 0 Å². The maximum absolute atomic E-state index is 13.3. The quantitative estimate of drug-likeness (QED) is 0.729. The van der Waals surface area contributed by atoms with Gasteiger partial charge >= 0.3 is 6.03 Å². The molecule has 10 heteroatoms. The predicted octanol–water partition coefficient (Wildman–Crippen LogP) is 3.21. The van der Waals surface area contributed by atoms with E-state index >= 15 is 0 Å². The molecule has 33 heavy (non-hydrogen) atoms. The molecule has 0 bridgehead atoms. The lowest BCUT2D eigenvalue weighted by molar-refractivity contribution is 0.169. The average molecular weight is 454 g/mol. The van der Waals surface area contributed by atoms with Crippen LogP contribution in [0.5, 0.6) is 0 Å². The van der Waals surface area contributed by atoms with Crippen LogP contribution in [0.2, 0.25) is 0 Å². The predicted molar refractivity (Wildman–Crippen MR) is 118 cm³/mol. The van der Waals surface area contributed by atoms with Crippen molar-refractivity contribution in [3.63, 3.8) is 0 Å². The average Bonchev–Trinajstić information content (AvgIpc) is 3.36. The van der Waals surface area contributed by atoms with Gasteiger partial charge in [-0.1, -0.05) is 12.1 Å². The fraction of sp³-hybridized carbons (Fsp3) is 0.609. The number of anilines is 1. The van der Waals surface area contributed by atoms with Crippen LogP contribution in [-0.4, -0.2) is 58.4 Å². The van der Waals surface area contributed by atoms with Crippen molar-refractivity contribution in [3.05, 3.63) is 35.2 Å². The van der Waals surface area contributed by atoms with Crippen LogP contribution in [0.3, 0.4) is 0 Å². The first-order valence-corrected chi connectivity index (χ1v) is 11.6. The van der Waals surface area contributed by atoms with E-state index < -0.39 is 6.17 Å². The first kappa shape index (κ1) is 21.8. The zero-order chi connectivity index (χ0) is 23.0. The van der Waals surface area contributed by atoms with Crippen molar-refractivity contribution < 1.29 is 13.7 Å². The number of nitriles is 1. The number of halogens is 1. The molecule has 2 atom stereocenters. The summed E-state index contributed by atoms with van der Waals surface area (Å²) in [4.78, 5) is 23.9. The Bertz CT molecular complexity index is 1070. The summed E-state index contributed by atoms with van der Waals surface area (Å²) in [6.07, 6.45) is 4.39. The minimum atomic E-state index is -0.878. The van der Waals surface area contributed by atoms with Gasteiger partial charge in [-0.3, -0.25) is 4.98 Å². The highest BCUT2D eigenvalue weighted by Crippen LogP contribution is 2.44. The van der Waals surface area contributed by atoms with Crippen molar-refractivity contribution in [2.75, 3.05) is 31.5 Å². The third-order valence-electron chi connectivity index (χ3n) is 7.22. The van der Waals surface area contributed by atoms with Gasteiger partial charge in [-0.2, -0.15) is 10.2 Å². The maximum atomic E-state index is 13.3. The zero-order valence-corrected chi connectivity index (χ0v) is 18.7. The Kier molecular flexibility index (Phi) is 5.74. The first-order chi connectivity index (χ1) is 16.0. The second kappa shape index (κ2) is 8.71. The third kappa shape index (κ3) is 4.29. The molecule has 0 unspecified atom stereocenters. The molecule has 0 spiro atoms. The summed E-state index contributed by atoms with van der Waals surface area (Å²) < 4.78 is 18.6.